The van der Waals surface area contributed by atoms with E-state index in [0.29, 0.717) is 39.6 Å². The standard InChI is InChI=1S/C18H18O7/c1-20-11-6-9-10(7-12(11)21-2)25-13-8-14(22-3)17(23-4)18(24-5)15(13)16(9)19/h6-8H,1-5H3. The van der Waals surface area contributed by atoms with Crippen LogP contribution in [0, 0.1) is 0 Å². The number of fused-ring (bicyclic) bond motifs is 2. The van der Waals surface area contributed by atoms with Crippen LogP contribution in [-0.4, -0.2) is 35.5 Å². The lowest BCUT2D eigenvalue weighted by atomic mass is 10.1. The Bertz CT molecular complexity index is 1000. The molecule has 0 N–H and O–H groups in total. The third-order valence-corrected chi connectivity index (χ3v) is 3.97. The van der Waals surface area contributed by atoms with Crippen molar-refractivity contribution >= 4 is 21.9 Å². The molecule has 3 aromatic rings. The van der Waals surface area contributed by atoms with Crippen LogP contribution in [0.15, 0.2) is 27.4 Å². The molecule has 25 heavy (non-hydrogen) atoms. The first-order chi connectivity index (χ1) is 12.1. The lowest BCUT2D eigenvalue weighted by molar-refractivity contribution is 0.326. The second-order valence-corrected chi connectivity index (χ2v) is 5.15. The summed E-state index contributed by atoms with van der Waals surface area (Å²) in [7, 11) is 7.44. The van der Waals surface area contributed by atoms with E-state index in [1.165, 1.54) is 35.5 Å². The van der Waals surface area contributed by atoms with Crippen molar-refractivity contribution in [1.82, 2.24) is 0 Å². The average Bonchev–Trinajstić information content (AvgIpc) is 2.65. The second-order valence-electron chi connectivity index (χ2n) is 5.15. The van der Waals surface area contributed by atoms with Gasteiger partial charge in [-0.3, -0.25) is 4.79 Å². The summed E-state index contributed by atoms with van der Waals surface area (Å²) in [5.41, 5.74) is 0.415. The van der Waals surface area contributed by atoms with Gasteiger partial charge < -0.3 is 28.1 Å². The van der Waals surface area contributed by atoms with Crippen molar-refractivity contribution < 1.29 is 28.1 Å². The predicted molar refractivity (Wildman–Crippen MR) is 92.8 cm³/mol. The topological polar surface area (TPSA) is 76.4 Å². The SMILES string of the molecule is COc1cc2oc3cc(OC)c(OC)c(OC)c3c(=O)c2cc1OC. The second kappa shape index (κ2) is 6.43. The summed E-state index contributed by atoms with van der Waals surface area (Å²) in [6.07, 6.45) is 0. The zero-order chi connectivity index (χ0) is 18.1. The number of hydrogen-bond acceptors (Lipinski definition) is 7. The first-order valence-electron chi connectivity index (χ1n) is 7.41. The van der Waals surface area contributed by atoms with Crippen LogP contribution in [-0.2, 0) is 0 Å². The van der Waals surface area contributed by atoms with Gasteiger partial charge in [0.05, 0.1) is 40.9 Å². The van der Waals surface area contributed by atoms with E-state index in [1.807, 2.05) is 0 Å². The molecule has 0 aliphatic heterocycles. The minimum Gasteiger partial charge on any atom is -0.493 e. The highest BCUT2D eigenvalue weighted by molar-refractivity contribution is 5.97. The Morgan fingerprint density at radius 2 is 1.24 bits per heavy atom. The van der Waals surface area contributed by atoms with Gasteiger partial charge in [0.1, 0.15) is 16.6 Å². The van der Waals surface area contributed by atoms with E-state index in [2.05, 4.69) is 0 Å². The molecule has 3 rings (SSSR count). The third-order valence-electron chi connectivity index (χ3n) is 3.97. The highest BCUT2D eigenvalue weighted by atomic mass is 16.5. The number of benzene rings is 2. The van der Waals surface area contributed by atoms with E-state index in [4.69, 9.17) is 28.1 Å². The summed E-state index contributed by atoms with van der Waals surface area (Å²) < 4.78 is 32.5. The molecule has 0 atom stereocenters. The summed E-state index contributed by atoms with van der Waals surface area (Å²) >= 11 is 0. The van der Waals surface area contributed by atoms with Gasteiger partial charge in [-0.05, 0) is 6.07 Å². The first kappa shape index (κ1) is 16.8. The Morgan fingerprint density at radius 3 is 1.80 bits per heavy atom. The van der Waals surface area contributed by atoms with Gasteiger partial charge in [0.15, 0.2) is 23.0 Å². The molecule has 0 aliphatic rings. The van der Waals surface area contributed by atoms with Crippen molar-refractivity contribution in [3.8, 4) is 28.7 Å². The molecule has 7 nitrogen and oxygen atoms in total. The molecule has 2 aromatic carbocycles. The Morgan fingerprint density at radius 1 is 0.680 bits per heavy atom. The molecular weight excluding hydrogens is 328 g/mol. The molecule has 0 amide bonds. The van der Waals surface area contributed by atoms with Crippen LogP contribution >= 0.6 is 0 Å². The van der Waals surface area contributed by atoms with E-state index >= 15 is 0 Å². The lowest BCUT2D eigenvalue weighted by Crippen LogP contribution is -2.07. The van der Waals surface area contributed by atoms with Crippen molar-refractivity contribution in [3.63, 3.8) is 0 Å². The smallest absolute Gasteiger partial charge is 0.204 e. The molecule has 132 valence electrons. The minimum absolute atomic E-state index is 0.252. The number of rotatable bonds is 5. The normalized spacial score (nSPS) is 10.8. The van der Waals surface area contributed by atoms with Crippen molar-refractivity contribution in [3.05, 3.63) is 28.4 Å². The number of methoxy groups -OCH3 is 5. The maximum atomic E-state index is 13.1. The molecule has 0 aliphatic carbocycles. The van der Waals surface area contributed by atoms with Gasteiger partial charge in [0.25, 0.3) is 0 Å². The van der Waals surface area contributed by atoms with Gasteiger partial charge in [-0.2, -0.15) is 0 Å². The fourth-order valence-electron chi connectivity index (χ4n) is 2.80. The van der Waals surface area contributed by atoms with E-state index in [1.54, 1.807) is 18.2 Å². The van der Waals surface area contributed by atoms with Crippen LogP contribution in [0.25, 0.3) is 21.9 Å². The molecule has 0 unspecified atom stereocenters. The van der Waals surface area contributed by atoms with Crippen LogP contribution in [0.4, 0.5) is 0 Å². The Kier molecular flexibility index (Phi) is 4.31. The fraction of sp³-hybridized carbons (Fsp3) is 0.278. The maximum absolute atomic E-state index is 13.1. The highest BCUT2D eigenvalue weighted by Gasteiger charge is 2.22. The molecule has 1 heterocycles. The molecule has 7 heteroatoms. The van der Waals surface area contributed by atoms with Crippen molar-refractivity contribution in [2.45, 2.75) is 0 Å². The summed E-state index contributed by atoms with van der Waals surface area (Å²) in [6, 6.07) is 4.78. The summed E-state index contributed by atoms with van der Waals surface area (Å²) in [4.78, 5) is 13.1. The largest absolute Gasteiger partial charge is 0.493 e. The van der Waals surface area contributed by atoms with Gasteiger partial charge >= 0.3 is 0 Å². The fourth-order valence-corrected chi connectivity index (χ4v) is 2.80. The first-order valence-corrected chi connectivity index (χ1v) is 7.41. The van der Waals surface area contributed by atoms with E-state index in [-0.39, 0.29) is 16.6 Å². The monoisotopic (exact) mass is 346 g/mol. The summed E-state index contributed by atoms with van der Waals surface area (Å²) in [5, 5.41) is 0.607. The molecular formula is C18H18O7. The molecule has 1 aromatic heterocycles. The van der Waals surface area contributed by atoms with Crippen molar-refractivity contribution in [2.75, 3.05) is 35.5 Å². The zero-order valence-electron chi connectivity index (χ0n) is 14.6. The average molecular weight is 346 g/mol. The van der Waals surface area contributed by atoms with Gasteiger partial charge in [-0.15, -0.1) is 0 Å². The predicted octanol–water partition coefficient (Wildman–Crippen LogP) is 2.99. The van der Waals surface area contributed by atoms with E-state index in [0.717, 1.165) is 0 Å². The van der Waals surface area contributed by atoms with Gasteiger partial charge in [0, 0.05) is 12.1 Å². The molecule has 0 bridgehead atoms. The summed E-state index contributed by atoms with van der Waals surface area (Å²) in [6.45, 7) is 0. The molecule has 0 spiro atoms. The van der Waals surface area contributed by atoms with Gasteiger partial charge in [-0.1, -0.05) is 0 Å². The maximum Gasteiger partial charge on any atom is 0.204 e. The molecule has 0 fully saturated rings. The molecule has 0 radical (unpaired) electrons. The number of hydrogen-bond donors (Lipinski definition) is 0. The Hall–Kier alpha value is -3.09. The zero-order valence-corrected chi connectivity index (χ0v) is 14.6. The highest BCUT2D eigenvalue weighted by Crippen LogP contribution is 2.43. The van der Waals surface area contributed by atoms with Crippen LogP contribution in [0.3, 0.4) is 0 Å². The minimum atomic E-state index is -0.269. The molecule has 0 saturated carbocycles. The van der Waals surface area contributed by atoms with Crippen LogP contribution < -0.4 is 29.1 Å². The van der Waals surface area contributed by atoms with E-state index in [9.17, 15) is 4.79 Å². The Labute approximate surface area is 143 Å². The Balaban J connectivity index is 2.51. The van der Waals surface area contributed by atoms with Gasteiger partial charge in [-0.25, -0.2) is 0 Å². The van der Waals surface area contributed by atoms with Crippen LogP contribution in [0.2, 0.25) is 0 Å². The van der Waals surface area contributed by atoms with E-state index < -0.39 is 0 Å². The van der Waals surface area contributed by atoms with Crippen LogP contribution in [0.1, 0.15) is 0 Å². The molecule has 0 saturated heterocycles. The van der Waals surface area contributed by atoms with Crippen molar-refractivity contribution in [1.29, 1.82) is 0 Å². The number of ether oxygens (including phenoxy) is 5. The van der Waals surface area contributed by atoms with Gasteiger partial charge in [0.2, 0.25) is 11.2 Å². The van der Waals surface area contributed by atoms with Crippen LogP contribution in [0.5, 0.6) is 28.7 Å². The quantitative estimate of drug-likeness (QED) is 0.657. The summed E-state index contributed by atoms with van der Waals surface area (Å²) in [5.74, 6) is 1.87. The lowest BCUT2D eigenvalue weighted by Gasteiger charge is -2.15. The third kappa shape index (κ3) is 2.48. The van der Waals surface area contributed by atoms with Crippen molar-refractivity contribution in [2.24, 2.45) is 0 Å².